The van der Waals surface area contributed by atoms with Gasteiger partial charge >= 0.3 is 6.16 Å². The van der Waals surface area contributed by atoms with Crippen LogP contribution in [0.4, 0.5) is 4.79 Å². The zero-order valence-corrected chi connectivity index (χ0v) is 11.4. The van der Waals surface area contributed by atoms with Crippen molar-refractivity contribution in [3.8, 4) is 0 Å². The topological polar surface area (TPSA) is 69.6 Å². The monoisotopic (exact) mass is 265 g/mol. The fourth-order valence-electron chi connectivity index (χ4n) is 2.82. The quantitative estimate of drug-likeness (QED) is 0.779. The number of hydrogen-bond donors (Lipinski definition) is 3. The molecule has 3 N–H and O–H groups in total. The lowest BCUT2D eigenvalue weighted by Gasteiger charge is -2.38. The first kappa shape index (κ1) is 15.5. The van der Waals surface area contributed by atoms with Crippen LogP contribution in [-0.4, -0.2) is 22.9 Å². The zero-order chi connectivity index (χ0) is 14.1. The lowest BCUT2D eigenvalue weighted by molar-refractivity contribution is 0.137. The number of carbonyl (C=O) groups is 1. The van der Waals surface area contributed by atoms with E-state index in [9.17, 15) is 0 Å². The normalized spacial score (nSPS) is 17.1. The largest absolute Gasteiger partial charge is 0.503 e. The summed E-state index contributed by atoms with van der Waals surface area (Å²) in [5.41, 5.74) is 1.75. The molecule has 2 rings (SSSR count). The summed E-state index contributed by atoms with van der Waals surface area (Å²) in [7, 11) is 0. The summed E-state index contributed by atoms with van der Waals surface area (Å²) in [4.78, 5) is 8.56. The lowest BCUT2D eigenvalue weighted by Crippen LogP contribution is -2.43. The molecule has 0 unspecified atom stereocenters. The average molecular weight is 265 g/mol. The standard InChI is InChI=1S/C14H21N.CH2O3/c1-2-15-14(11-7-4-8-12-14)13-9-5-3-6-10-13;2-1(3)4/h3,5-6,9-10,15H,2,4,7-8,11-12H2,1H3;(H2,2,3,4). The predicted octanol–water partition coefficient (Wildman–Crippen LogP) is 3.68. The molecule has 1 aromatic rings. The SMILES string of the molecule is CCNC1(c2ccccc2)CCCCC1.O=C(O)O. The fourth-order valence-corrected chi connectivity index (χ4v) is 2.82. The molecule has 0 bridgehead atoms. The van der Waals surface area contributed by atoms with Gasteiger partial charge in [-0.2, -0.15) is 0 Å². The molecule has 4 heteroatoms. The van der Waals surface area contributed by atoms with E-state index in [1.807, 2.05) is 0 Å². The van der Waals surface area contributed by atoms with Crippen LogP contribution in [0.3, 0.4) is 0 Å². The minimum atomic E-state index is -1.83. The van der Waals surface area contributed by atoms with Crippen molar-refractivity contribution in [3.05, 3.63) is 35.9 Å². The van der Waals surface area contributed by atoms with E-state index in [0.29, 0.717) is 0 Å². The van der Waals surface area contributed by atoms with Crippen molar-refractivity contribution in [3.63, 3.8) is 0 Å². The van der Waals surface area contributed by atoms with Crippen molar-refractivity contribution < 1.29 is 15.0 Å². The van der Waals surface area contributed by atoms with E-state index in [-0.39, 0.29) is 5.54 Å². The maximum absolute atomic E-state index is 8.56. The van der Waals surface area contributed by atoms with Crippen molar-refractivity contribution in [1.29, 1.82) is 0 Å². The third kappa shape index (κ3) is 4.91. The van der Waals surface area contributed by atoms with Crippen LogP contribution in [0.1, 0.15) is 44.6 Å². The summed E-state index contributed by atoms with van der Waals surface area (Å²) >= 11 is 0. The van der Waals surface area contributed by atoms with Gasteiger partial charge in [0.2, 0.25) is 0 Å². The van der Waals surface area contributed by atoms with Gasteiger partial charge in [-0.3, -0.25) is 0 Å². The summed E-state index contributed by atoms with van der Waals surface area (Å²) in [5.74, 6) is 0. The molecule has 1 aliphatic carbocycles. The summed E-state index contributed by atoms with van der Waals surface area (Å²) in [6, 6.07) is 11.0. The minimum absolute atomic E-state index is 0.272. The first-order valence-corrected chi connectivity index (χ1v) is 6.83. The highest BCUT2D eigenvalue weighted by atomic mass is 16.6. The van der Waals surface area contributed by atoms with Crippen LogP contribution in [0, 0.1) is 0 Å². The molecule has 106 valence electrons. The van der Waals surface area contributed by atoms with Crippen molar-refractivity contribution in [1.82, 2.24) is 5.32 Å². The van der Waals surface area contributed by atoms with Gasteiger partial charge in [0.25, 0.3) is 0 Å². The first-order valence-electron chi connectivity index (χ1n) is 6.83. The molecule has 0 saturated heterocycles. The Morgan fingerprint density at radius 3 is 2.16 bits per heavy atom. The molecule has 1 aromatic carbocycles. The Morgan fingerprint density at radius 2 is 1.68 bits per heavy atom. The molecule has 19 heavy (non-hydrogen) atoms. The van der Waals surface area contributed by atoms with E-state index in [0.717, 1.165) is 6.54 Å². The Kier molecular flexibility index (Phi) is 6.36. The molecule has 1 aliphatic rings. The number of nitrogens with one attached hydrogen (secondary N) is 1. The van der Waals surface area contributed by atoms with E-state index >= 15 is 0 Å². The minimum Gasteiger partial charge on any atom is -0.450 e. The number of benzene rings is 1. The molecule has 0 heterocycles. The molecule has 0 amide bonds. The van der Waals surface area contributed by atoms with Gasteiger partial charge < -0.3 is 15.5 Å². The van der Waals surface area contributed by atoms with E-state index in [1.165, 1.54) is 37.7 Å². The van der Waals surface area contributed by atoms with E-state index in [2.05, 4.69) is 42.6 Å². The molecular formula is C15H23NO3. The lowest BCUT2D eigenvalue weighted by atomic mass is 9.76. The number of rotatable bonds is 3. The maximum Gasteiger partial charge on any atom is 0.503 e. The van der Waals surface area contributed by atoms with Gasteiger partial charge in [0.15, 0.2) is 0 Å². The second kappa shape index (κ2) is 7.79. The van der Waals surface area contributed by atoms with Gasteiger partial charge in [-0.1, -0.05) is 56.5 Å². The van der Waals surface area contributed by atoms with E-state index in [4.69, 9.17) is 15.0 Å². The third-order valence-corrected chi connectivity index (χ3v) is 3.55. The highest BCUT2D eigenvalue weighted by molar-refractivity contribution is 5.53. The molecule has 0 spiro atoms. The maximum atomic E-state index is 8.56. The number of carboxylic acid groups (broad SMARTS) is 2. The van der Waals surface area contributed by atoms with Crippen LogP contribution in [0.25, 0.3) is 0 Å². The van der Waals surface area contributed by atoms with Crippen molar-refractivity contribution in [2.75, 3.05) is 6.54 Å². The Morgan fingerprint density at radius 1 is 1.16 bits per heavy atom. The van der Waals surface area contributed by atoms with Crippen LogP contribution in [-0.2, 0) is 5.54 Å². The Labute approximate surface area is 114 Å². The Bertz CT molecular complexity index is 363. The van der Waals surface area contributed by atoms with Crippen LogP contribution in [0.2, 0.25) is 0 Å². The van der Waals surface area contributed by atoms with Crippen LogP contribution >= 0.6 is 0 Å². The first-order chi connectivity index (χ1) is 9.10. The van der Waals surface area contributed by atoms with Crippen molar-refractivity contribution in [2.45, 2.75) is 44.6 Å². The Balaban J connectivity index is 0.000000399. The summed E-state index contributed by atoms with van der Waals surface area (Å²) in [5, 5.41) is 17.7. The van der Waals surface area contributed by atoms with Gasteiger partial charge in [0.1, 0.15) is 0 Å². The van der Waals surface area contributed by atoms with Crippen LogP contribution < -0.4 is 5.32 Å². The number of hydrogen-bond acceptors (Lipinski definition) is 2. The van der Waals surface area contributed by atoms with Crippen LogP contribution in [0.15, 0.2) is 30.3 Å². The summed E-state index contributed by atoms with van der Waals surface area (Å²) < 4.78 is 0. The predicted molar refractivity (Wildman–Crippen MR) is 75.5 cm³/mol. The molecular weight excluding hydrogens is 242 g/mol. The molecule has 0 radical (unpaired) electrons. The molecule has 0 aliphatic heterocycles. The van der Waals surface area contributed by atoms with Gasteiger partial charge in [-0.05, 0) is 24.9 Å². The smallest absolute Gasteiger partial charge is 0.450 e. The van der Waals surface area contributed by atoms with Crippen molar-refractivity contribution >= 4 is 6.16 Å². The van der Waals surface area contributed by atoms with Crippen LogP contribution in [0.5, 0.6) is 0 Å². The fraction of sp³-hybridized carbons (Fsp3) is 0.533. The van der Waals surface area contributed by atoms with E-state index < -0.39 is 6.16 Å². The van der Waals surface area contributed by atoms with E-state index in [1.54, 1.807) is 0 Å². The molecule has 4 nitrogen and oxygen atoms in total. The molecule has 0 aromatic heterocycles. The Hall–Kier alpha value is -1.55. The highest BCUT2D eigenvalue weighted by Gasteiger charge is 2.32. The molecule has 1 fully saturated rings. The third-order valence-electron chi connectivity index (χ3n) is 3.55. The molecule has 0 atom stereocenters. The van der Waals surface area contributed by atoms with Crippen molar-refractivity contribution in [2.24, 2.45) is 0 Å². The van der Waals surface area contributed by atoms with Gasteiger partial charge in [-0.15, -0.1) is 0 Å². The summed E-state index contributed by atoms with van der Waals surface area (Å²) in [6.45, 7) is 3.27. The van der Waals surface area contributed by atoms with Gasteiger partial charge in [0, 0.05) is 5.54 Å². The second-order valence-corrected chi connectivity index (χ2v) is 4.82. The van der Waals surface area contributed by atoms with Gasteiger partial charge in [0.05, 0.1) is 0 Å². The highest BCUT2D eigenvalue weighted by Crippen LogP contribution is 2.36. The zero-order valence-electron chi connectivity index (χ0n) is 11.4. The molecule has 1 saturated carbocycles. The second-order valence-electron chi connectivity index (χ2n) is 4.82. The van der Waals surface area contributed by atoms with Gasteiger partial charge in [-0.25, -0.2) is 4.79 Å². The average Bonchev–Trinajstić information content (AvgIpc) is 2.40. The summed E-state index contributed by atoms with van der Waals surface area (Å²) in [6.07, 6.45) is 4.89.